The summed E-state index contributed by atoms with van der Waals surface area (Å²) in [5, 5.41) is 9.76. The standard InChI is InChI=1S/C15H10O5/c1-19-9-3-5-11-13(7-9)20-12-6-8(15(17)18)2-4-10(12)14(11)16/h2-7H,1H3,(H,17,18). The molecule has 0 radical (unpaired) electrons. The second-order valence-electron chi connectivity index (χ2n) is 4.31. The molecule has 1 heterocycles. The Morgan fingerprint density at radius 2 is 1.75 bits per heavy atom. The van der Waals surface area contributed by atoms with Gasteiger partial charge in [0.2, 0.25) is 5.43 Å². The maximum Gasteiger partial charge on any atom is 0.335 e. The minimum atomic E-state index is -1.07. The molecule has 0 atom stereocenters. The zero-order valence-corrected chi connectivity index (χ0v) is 10.5. The van der Waals surface area contributed by atoms with Crippen LogP contribution in [0.3, 0.4) is 0 Å². The minimum absolute atomic E-state index is 0.0721. The molecule has 0 unspecified atom stereocenters. The van der Waals surface area contributed by atoms with Crippen molar-refractivity contribution in [2.75, 3.05) is 7.11 Å². The summed E-state index contributed by atoms with van der Waals surface area (Å²) in [6.45, 7) is 0. The lowest BCUT2D eigenvalue weighted by molar-refractivity contribution is 0.0697. The monoisotopic (exact) mass is 270 g/mol. The average Bonchev–Trinajstić information content (AvgIpc) is 2.46. The molecule has 0 aliphatic carbocycles. The largest absolute Gasteiger partial charge is 0.497 e. The van der Waals surface area contributed by atoms with Gasteiger partial charge in [-0.25, -0.2) is 4.79 Å². The predicted octanol–water partition coefficient (Wildman–Crippen LogP) is 2.65. The molecule has 0 fully saturated rings. The van der Waals surface area contributed by atoms with Gasteiger partial charge in [-0.3, -0.25) is 4.79 Å². The fourth-order valence-corrected chi connectivity index (χ4v) is 2.09. The Kier molecular flexibility index (Phi) is 2.68. The van der Waals surface area contributed by atoms with E-state index < -0.39 is 5.97 Å². The van der Waals surface area contributed by atoms with Crippen molar-refractivity contribution in [2.45, 2.75) is 0 Å². The number of carbonyl (C=O) groups is 1. The molecule has 1 N–H and O–H groups in total. The third-order valence-electron chi connectivity index (χ3n) is 3.13. The van der Waals surface area contributed by atoms with Crippen LogP contribution >= 0.6 is 0 Å². The molecule has 2 aromatic carbocycles. The van der Waals surface area contributed by atoms with Crippen LogP contribution in [-0.4, -0.2) is 18.2 Å². The Balaban J connectivity index is 2.41. The number of benzene rings is 2. The first-order valence-corrected chi connectivity index (χ1v) is 5.88. The maximum absolute atomic E-state index is 12.3. The van der Waals surface area contributed by atoms with E-state index in [9.17, 15) is 9.59 Å². The van der Waals surface area contributed by atoms with Crippen molar-refractivity contribution in [3.8, 4) is 5.75 Å². The van der Waals surface area contributed by atoms with Crippen LogP contribution in [-0.2, 0) is 0 Å². The van der Waals surface area contributed by atoms with Gasteiger partial charge >= 0.3 is 5.97 Å². The van der Waals surface area contributed by atoms with Gasteiger partial charge in [-0.1, -0.05) is 0 Å². The summed E-state index contributed by atoms with van der Waals surface area (Å²) in [5.74, 6) is -0.505. The van der Waals surface area contributed by atoms with E-state index >= 15 is 0 Å². The average molecular weight is 270 g/mol. The van der Waals surface area contributed by atoms with E-state index in [4.69, 9.17) is 14.3 Å². The highest BCUT2D eigenvalue weighted by molar-refractivity contribution is 5.95. The normalized spacial score (nSPS) is 10.8. The van der Waals surface area contributed by atoms with E-state index in [0.717, 1.165) is 0 Å². The summed E-state index contributed by atoms with van der Waals surface area (Å²) in [7, 11) is 1.52. The molecule has 0 aliphatic heterocycles. The second kappa shape index (κ2) is 4.38. The first-order valence-electron chi connectivity index (χ1n) is 5.88. The van der Waals surface area contributed by atoms with Crippen LogP contribution < -0.4 is 10.2 Å². The number of hydrogen-bond acceptors (Lipinski definition) is 4. The van der Waals surface area contributed by atoms with Crippen molar-refractivity contribution >= 4 is 27.9 Å². The van der Waals surface area contributed by atoms with Crippen molar-refractivity contribution in [3.63, 3.8) is 0 Å². The number of hydrogen-bond donors (Lipinski definition) is 1. The summed E-state index contributed by atoms with van der Waals surface area (Å²) in [4.78, 5) is 23.3. The molecule has 20 heavy (non-hydrogen) atoms. The summed E-state index contributed by atoms with van der Waals surface area (Å²) >= 11 is 0. The van der Waals surface area contributed by atoms with Gasteiger partial charge in [-0.05, 0) is 30.3 Å². The van der Waals surface area contributed by atoms with Gasteiger partial charge in [-0.2, -0.15) is 0 Å². The first kappa shape index (κ1) is 12.2. The Hall–Kier alpha value is -2.82. The quantitative estimate of drug-likeness (QED) is 0.724. The summed E-state index contributed by atoms with van der Waals surface area (Å²) in [6.07, 6.45) is 0. The van der Waals surface area contributed by atoms with Crippen LogP contribution in [0.25, 0.3) is 21.9 Å². The molecule has 3 aromatic rings. The van der Waals surface area contributed by atoms with Crippen molar-refractivity contribution in [1.29, 1.82) is 0 Å². The molecular weight excluding hydrogens is 260 g/mol. The van der Waals surface area contributed by atoms with E-state index in [-0.39, 0.29) is 16.6 Å². The molecule has 0 amide bonds. The maximum atomic E-state index is 12.3. The molecule has 0 saturated heterocycles. The second-order valence-corrected chi connectivity index (χ2v) is 4.31. The van der Waals surface area contributed by atoms with Gasteiger partial charge in [0.1, 0.15) is 16.9 Å². The summed E-state index contributed by atoms with van der Waals surface area (Å²) in [5.41, 5.74) is 0.490. The fraction of sp³-hybridized carbons (Fsp3) is 0.0667. The molecule has 0 saturated carbocycles. The predicted molar refractivity (Wildman–Crippen MR) is 73.5 cm³/mol. The van der Waals surface area contributed by atoms with Gasteiger partial charge < -0.3 is 14.3 Å². The zero-order valence-electron chi connectivity index (χ0n) is 10.5. The number of rotatable bonds is 2. The lowest BCUT2D eigenvalue weighted by atomic mass is 10.1. The van der Waals surface area contributed by atoms with Crippen LogP contribution in [0.5, 0.6) is 5.75 Å². The summed E-state index contributed by atoms with van der Waals surface area (Å²) < 4.78 is 10.7. The third kappa shape index (κ3) is 1.80. The number of aromatic carboxylic acids is 1. The minimum Gasteiger partial charge on any atom is -0.497 e. The number of ether oxygens (including phenoxy) is 1. The van der Waals surface area contributed by atoms with Gasteiger partial charge in [0, 0.05) is 6.07 Å². The van der Waals surface area contributed by atoms with E-state index in [0.29, 0.717) is 22.1 Å². The van der Waals surface area contributed by atoms with Crippen molar-refractivity contribution < 1.29 is 19.1 Å². The van der Waals surface area contributed by atoms with Crippen LogP contribution in [0.15, 0.2) is 45.6 Å². The Bertz CT molecular complexity index is 892. The highest BCUT2D eigenvalue weighted by Gasteiger charge is 2.11. The van der Waals surface area contributed by atoms with Gasteiger partial charge in [0.25, 0.3) is 0 Å². The van der Waals surface area contributed by atoms with Crippen molar-refractivity contribution in [2.24, 2.45) is 0 Å². The Morgan fingerprint density at radius 3 is 2.40 bits per heavy atom. The molecule has 0 spiro atoms. The molecule has 3 rings (SSSR count). The molecule has 100 valence electrons. The molecule has 1 aromatic heterocycles. The smallest absolute Gasteiger partial charge is 0.335 e. The molecule has 5 nitrogen and oxygen atoms in total. The fourth-order valence-electron chi connectivity index (χ4n) is 2.09. The Morgan fingerprint density at radius 1 is 1.10 bits per heavy atom. The lowest BCUT2D eigenvalue weighted by Crippen LogP contribution is -2.04. The number of fused-ring (bicyclic) bond motifs is 2. The van der Waals surface area contributed by atoms with Crippen LogP contribution in [0.2, 0.25) is 0 Å². The van der Waals surface area contributed by atoms with Crippen LogP contribution in [0, 0.1) is 0 Å². The first-order chi connectivity index (χ1) is 9.60. The molecule has 0 bridgehead atoms. The van der Waals surface area contributed by atoms with E-state index in [2.05, 4.69) is 0 Å². The third-order valence-corrected chi connectivity index (χ3v) is 3.13. The highest BCUT2D eigenvalue weighted by atomic mass is 16.5. The lowest BCUT2D eigenvalue weighted by Gasteiger charge is -2.04. The zero-order chi connectivity index (χ0) is 14.3. The Labute approximate surface area is 113 Å². The van der Waals surface area contributed by atoms with Gasteiger partial charge in [-0.15, -0.1) is 0 Å². The molecule has 0 aliphatic rings. The van der Waals surface area contributed by atoms with Crippen LogP contribution in [0.4, 0.5) is 0 Å². The molecule has 5 heteroatoms. The number of carboxylic acid groups (broad SMARTS) is 1. The van der Waals surface area contributed by atoms with E-state index in [1.54, 1.807) is 18.2 Å². The van der Waals surface area contributed by atoms with Gasteiger partial charge in [0.05, 0.1) is 23.4 Å². The topological polar surface area (TPSA) is 76.7 Å². The molecular formula is C15H10O5. The van der Waals surface area contributed by atoms with E-state index in [1.165, 1.54) is 25.3 Å². The SMILES string of the molecule is COc1ccc2c(=O)c3ccc(C(=O)O)cc3oc2c1. The summed E-state index contributed by atoms with van der Waals surface area (Å²) in [6, 6.07) is 9.11. The highest BCUT2D eigenvalue weighted by Crippen LogP contribution is 2.23. The number of methoxy groups -OCH3 is 1. The van der Waals surface area contributed by atoms with Gasteiger partial charge in [0.15, 0.2) is 0 Å². The van der Waals surface area contributed by atoms with Crippen molar-refractivity contribution in [1.82, 2.24) is 0 Å². The number of carboxylic acids is 1. The van der Waals surface area contributed by atoms with Crippen LogP contribution in [0.1, 0.15) is 10.4 Å². The van der Waals surface area contributed by atoms with Crippen molar-refractivity contribution in [3.05, 3.63) is 52.2 Å². The van der Waals surface area contributed by atoms with E-state index in [1.807, 2.05) is 0 Å².